The summed E-state index contributed by atoms with van der Waals surface area (Å²) in [6, 6.07) is 3.04. The average Bonchev–Trinajstić information content (AvgIpc) is 3.12. The van der Waals surface area contributed by atoms with Crippen molar-refractivity contribution >= 4 is 29.2 Å². The van der Waals surface area contributed by atoms with Gasteiger partial charge in [0, 0.05) is 22.6 Å². The van der Waals surface area contributed by atoms with E-state index in [1.165, 1.54) is 19.1 Å². The van der Waals surface area contributed by atoms with Crippen LogP contribution >= 0.6 is 11.6 Å². The summed E-state index contributed by atoms with van der Waals surface area (Å²) in [7, 11) is 0. The highest BCUT2D eigenvalue weighted by molar-refractivity contribution is 6.32. The Bertz CT molecular complexity index is 1230. The number of hydrogen-bond acceptors (Lipinski definition) is 5. The lowest BCUT2D eigenvalue weighted by Gasteiger charge is -2.26. The number of rotatable bonds is 5. The van der Waals surface area contributed by atoms with Gasteiger partial charge in [0.05, 0.1) is 5.71 Å². The van der Waals surface area contributed by atoms with Gasteiger partial charge in [-0.3, -0.25) is 4.79 Å². The second-order valence-corrected chi connectivity index (χ2v) is 8.49. The molecular formula is C22H18ClF7N2O4. The van der Waals surface area contributed by atoms with E-state index in [0.29, 0.717) is 22.6 Å². The minimum atomic E-state index is -6.67. The van der Waals surface area contributed by atoms with Crippen LogP contribution in [0.2, 0.25) is 5.02 Å². The van der Waals surface area contributed by atoms with Crippen molar-refractivity contribution in [2.75, 3.05) is 0 Å². The topological polar surface area (TPSA) is 80.9 Å². The number of esters is 1. The number of carbonyl (C=O) groups excluding carboxylic acids is 2. The maximum atomic E-state index is 13.6. The summed E-state index contributed by atoms with van der Waals surface area (Å²) in [6.07, 6.45) is -6.07. The van der Waals surface area contributed by atoms with E-state index in [1.807, 2.05) is 0 Å². The lowest BCUT2D eigenvalue weighted by atomic mass is 9.93. The van der Waals surface area contributed by atoms with Gasteiger partial charge in [-0.05, 0) is 56.9 Å². The van der Waals surface area contributed by atoms with Crippen LogP contribution in [-0.2, 0) is 11.2 Å². The molecule has 196 valence electrons. The number of hydrazone groups is 1. The van der Waals surface area contributed by atoms with Crippen molar-refractivity contribution in [3.05, 3.63) is 50.9 Å². The molecule has 3 rings (SSSR count). The monoisotopic (exact) mass is 542 g/mol. The summed E-state index contributed by atoms with van der Waals surface area (Å²) < 4.78 is 101. The van der Waals surface area contributed by atoms with Crippen LogP contribution in [-0.4, -0.2) is 35.6 Å². The maximum Gasteiger partial charge on any atom is 0.460 e. The molecule has 14 heteroatoms. The van der Waals surface area contributed by atoms with Gasteiger partial charge in [-0.15, -0.1) is 0 Å². The first-order valence-electron chi connectivity index (χ1n) is 10.3. The van der Waals surface area contributed by atoms with Gasteiger partial charge < -0.3 is 9.15 Å². The molecule has 1 aromatic heterocycles. The number of aryl methyl sites for hydroxylation is 3. The van der Waals surface area contributed by atoms with E-state index in [0.717, 1.165) is 5.43 Å². The van der Waals surface area contributed by atoms with E-state index in [1.54, 1.807) is 13.8 Å². The molecule has 1 aliphatic carbocycles. The van der Waals surface area contributed by atoms with Crippen LogP contribution in [0.5, 0.6) is 5.75 Å². The molecule has 0 bridgehead atoms. The van der Waals surface area contributed by atoms with Crippen molar-refractivity contribution in [3.8, 4) is 5.75 Å². The predicted octanol–water partition coefficient (Wildman–Crippen LogP) is 6.07. The number of amides is 1. The molecule has 1 amide bonds. The molecule has 0 atom stereocenters. The fraction of sp³-hybridized carbons (Fsp3) is 0.409. The van der Waals surface area contributed by atoms with E-state index < -0.39 is 29.9 Å². The largest absolute Gasteiger partial charge is 0.460 e. The van der Waals surface area contributed by atoms with Crippen molar-refractivity contribution in [1.29, 1.82) is 0 Å². The summed E-state index contributed by atoms with van der Waals surface area (Å²) in [4.78, 5) is 24.3. The Morgan fingerprint density at radius 2 is 1.61 bits per heavy atom. The van der Waals surface area contributed by atoms with Gasteiger partial charge in [-0.1, -0.05) is 11.6 Å². The number of ether oxygens (including phenoxy) is 1. The number of carbonyl (C=O) groups is 2. The van der Waals surface area contributed by atoms with Crippen LogP contribution in [0.4, 0.5) is 30.7 Å². The standard InChI is InChI=1S/C22H18ClF7N2O4/c1-9-7-12(8-10(2)16(9)23)35-18(33)17-11(3)15-13(5-4-6-14(15)36-17)31-32-19(34)20(24,25)21(26,27)22(28,29)30/h7-8H,4-6H2,1-3H3,(H,32,34)/b31-13+. The van der Waals surface area contributed by atoms with Crippen molar-refractivity contribution in [1.82, 2.24) is 5.43 Å². The first kappa shape index (κ1) is 27.5. The molecule has 1 N–H and O–H groups in total. The van der Waals surface area contributed by atoms with Crippen LogP contribution in [0.15, 0.2) is 21.7 Å². The number of benzene rings is 1. The molecule has 36 heavy (non-hydrogen) atoms. The normalized spacial score (nSPS) is 15.6. The predicted molar refractivity (Wildman–Crippen MR) is 113 cm³/mol. The smallest absolute Gasteiger partial charge is 0.453 e. The molecule has 0 fully saturated rings. The zero-order chi connectivity index (χ0) is 27.2. The molecule has 0 radical (unpaired) electrons. The molecule has 0 saturated carbocycles. The molecule has 1 aliphatic rings. The Morgan fingerprint density at radius 1 is 1.03 bits per heavy atom. The first-order valence-corrected chi connectivity index (χ1v) is 10.7. The zero-order valence-corrected chi connectivity index (χ0v) is 19.6. The third kappa shape index (κ3) is 4.80. The number of nitrogens with one attached hydrogen (secondary N) is 1. The number of fused-ring (bicyclic) bond motifs is 1. The third-order valence-corrected chi connectivity index (χ3v) is 6.06. The lowest BCUT2D eigenvalue weighted by molar-refractivity contribution is -0.344. The number of halogens is 8. The third-order valence-electron chi connectivity index (χ3n) is 5.46. The minimum absolute atomic E-state index is 0.0267. The minimum Gasteiger partial charge on any atom is -0.453 e. The van der Waals surface area contributed by atoms with Crippen molar-refractivity contribution in [3.63, 3.8) is 0 Å². The Kier molecular flexibility index (Phi) is 7.19. The van der Waals surface area contributed by atoms with Gasteiger partial charge in [-0.2, -0.15) is 35.8 Å². The summed E-state index contributed by atoms with van der Waals surface area (Å²) in [5.41, 5.74) is 2.51. The van der Waals surface area contributed by atoms with E-state index in [-0.39, 0.29) is 47.0 Å². The average molecular weight is 543 g/mol. The Morgan fingerprint density at radius 3 is 2.17 bits per heavy atom. The van der Waals surface area contributed by atoms with Crippen LogP contribution in [0.3, 0.4) is 0 Å². The van der Waals surface area contributed by atoms with Crippen molar-refractivity contribution in [2.45, 2.75) is 58.1 Å². The van der Waals surface area contributed by atoms with Gasteiger partial charge in [0.15, 0.2) is 0 Å². The van der Waals surface area contributed by atoms with E-state index in [4.69, 9.17) is 20.8 Å². The Hall–Kier alpha value is -3.09. The molecule has 1 heterocycles. The highest BCUT2D eigenvalue weighted by atomic mass is 35.5. The summed E-state index contributed by atoms with van der Waals surface area (Å²) in [5.74, 6) is -16.5. The Labute approximate surface area is 204 Å². The lowest BCUT2D eigenvalue weighted by Crippen LogP contribution is -2.58. The zero-order valence-electron chi connectivity index (χ0n) is 18.9. The molecule has 0 aliphatic heterocycles. The number of nitrogens with zero attached hydrogens (tertiary/aromatic N) is 1. The first-order chi connectivity index (χ1) is 16.5. The number of hydrogen-bond donors (Lipinski definition) is 1. The molecule has 0 saturated heterocycles. The van der Waals surface area contributed by atoms with Crippen LogP contribution in [0.1, 0.15) is 51.4 Å². The molecule has 0 spiro atoms. The SMILES string of the molecule is Cc1cc(OC(=O)c2oc3c(c2C)/C(=N/NC(=O)C(F)(F)C(F)(F)C(F)(F)F)CCC3)cc(C)c1Cl. The van der Waals surface area contributed by atoms with Gasteiger partial charge in [-0.25, -0.2) is 10.2 Å². The van der Waals surface area contributed by atoms with Crippen LogP contribution in [0.25, 0.3) is 0 Å². The molecule has 2 aromatic rings. The molecule has 1 aromatic carbocycles. The fourth-order valence-electron chi connectivity index (χ4n) is 3.60. The van der Waals surface area contributed by atoms with Gasteiger partial charge >= 0.3 is 29.9 Å². The summed E-state index contributed by atoms with van der Waals surface area (Å²) in [6.45, 7) is 4.82. The van der Waals surface area contributed by atoms with Gasteiger partial charge in [0.1, 0.15) is 11.5 Å². The van der Waals surface area contributed by atoms with E-state index in [2.05, 4.69) is 5.10 Å². The van der Waals surface area contributed by atoms with E-state index in [9.17, 15) is 40.3 Å². The molecular weight excluding hydrogens is 525 g/mol. The number of furan rings is 1. The van der Waals surface area contributed by atoms with Crippen molar-refractivity contribution in [2.24, 2.45) is 5.10 Å². The second-order valence-electron chi connectivity index (χ2n) is 8.11. The summed E-state index contributed by atoms with van der Waals surface area (Å²) >= 11 is 6.09. The Balaban J connectivity index is 1.87. The quantitative estimate of drug-likeness (QED) is 0.215. The molecule has 6 nitrogen and oxygen atoms in total. The highest BCUT2D eigenvalue weighted by Gasteiger charge is 2.76. The van der Waals surface area contributed by atoms with Gasteiger partial charge in [0.2, 0.25) is 5.76 Å². The van der Waals surface area contributed by atoms with E-state index >= 15 is 0 Å². The van der Waals surface area contributed by atoms with Gasteiger partial charge in [0.25, 0.3) is 0 Å². The maximum absolute atomic E-state index is 13.6. The molecule has 0 unspecified atom stereocenters. The van der Waals surface area contributed by atoms with Crippen molar-refractivity contribution < 1.29 is 49.5 Å². The van der Waals surface area contributed by atoms with Crippen LogP contribution in [0, 0.1) is 20.8 Å². The highest BCUT2D eigenvalue weighted by Crippen LogP contribution is 2.46. The van der Waals surface area contributed by atoms with Crippen LogP contribution < -0.4 is 10.2 Å². The summed E-state index contributed by atoms with van der Waals surface area (Å²) in [5, 5.41) is 3.83. The number of alkyl halides is 7. The fourth-order valence-corrected chi connectivity index (χ4v) is 3.71. The second kappa shape index (κ2) is 9.41.